The van der Waals surface area contributed by atoms with Gasteiger partial charge in [-0.2, -0.15) is 4.31 Å². The lowest BCUT2D eigenvalue weighted by Crippen LogP contribution is -2.47. The lowest BCUT2D eigenvalue weighted by molar-refractivity contribution is -0.385. The fourth-order valence-corrected chi connectivity index (χ4v) is 3.34. The van der Waals surface area contributed by atoms with Crippen LogP contribution >= 0.6 is 0 Å². The van der Waals surface area contributed by atoms with Crippen molar-refractivity contribution in [1.29, 1.82) is 0 Å². The number of nitro benzene ring substituents is 1. The zero-order chi connectivity index (χ0) is 16.6. The molecule has 21 heavy (non-hydrogen) atoms. The van der Waals surface area contributed by atoms with Crippen molar-refractivity contribution in [3.63, 3.8) is 0 Å². The Morgan fingerprint density at radius 2 is 1.86 bits per heavy atom. The van der Waals surface area contributed by atoms with Gasteiger partial charge in [-0.1, -0.05) is 0 Å². The first-order valence-electron chi connectivity index (χ1n) is 6.30. The summed E-state index contributed by atoms with van der Waals surface area (Å²) in [7, 11) is -2.60. The molecule has 1 rings (SSSR count). The molecule has 0 aromatic heterocycles. The Bertz CT molecular complexity index is 667. The van der Waals surface area contributed by atoms with E-state index in [1.807, 2.05) is 0 Å². The molecular weight excluding hydrogens is 296 g/mol. The summed E-state index contributed by atoms with van der Waals surface area (Å²) >= 11 is 0. The number of likely N-dealkylation sites (N-methyl/N-ethyl adjacent to an activating group) is 1. The van der Waals surface area contributed by atoms with Gasteiger partial charge in [0.15, 0.2) is 0 Å². The molecule has 7 nitrogen and oxygen atoms in total. The summed E-state index contributed by atoms with van der Waals surface area (Å²) < 4.78 is 26.2. The van der Waals surface area contributed by atoms with Crippen LogP contribution in [0.4, 0.5) is 5.69 Å². The second kappa shape index (κ2) is 5.70. The standard InChI is InChI=1S/C13H20N2O5S/c1-9-6-11(7-12(10(9)2)15(17)18)21(19,20)14(5)13(3,4)8-16/h6-7,16H,8H2,1-5H3. The average molecular weight is 316 g/mol. The molecule has 0 aliphatic carbocycles. The van der Waals surface area contributed by atoms with Gasteiger partial charge in [-0.25, -0.2) is 8.42 Å². The Hall–Kier alpha value is -1.51. The Morgan fingerprint density at radius 3 is 2.29 bits per heavy atom. The summed E-state index contributed by atoms with van der Waals surface area (Å²) in [5, 5.41) is 20.3. The lowest BCUT2D eigenvalue weighted by atomic mass is 10.1. The maximum absolute atomic E-state index is 12.6. The van der Waals surface area contributed by atoms with E-state index in [0.29, 0.717) is 11.1 Å². The van der Waals surface area contributed by atoms with Crippen LogP contribution in [0.1, 0.15) is 25.0 Å². The Labute approximate surface area is 124 Å². The number of hydrogen-bond acceptors (Lipinski definition) is 5. The molecule has 8 heteroatoms. The first-order chi connectivity index (χ1) is 9.45. The third-order valence-corrected chi connectivity index (χ3v) is 5.75. The fourth-order valence-electron chi connectivity index (χ4n) is 1.73. The molecule has 0 radical (unpaired) electrons. The van der Waals surface area contributed by atoms with Crippen molar-refractivity contribution in [3.05, 3.63) is 33.4 Å². The molecule has 0 saturated carbocycles. The highest BCUT2D eigenvalue weighted by atomic mass is 32.2. The molecule has 1 aromatic rings. The van der Waals surface area contributed by atoms with Crippen molar-refractivity contribution in [2.75, 3.05) is 13.7 Å². The van der Waals surface area contributed by atoms with Gasteiger partial charge < -0.3 is 5.11 Å². The normalized spacial score (nSPS) is 12.7. The van der Waals surface area contributed by atoms with Crippen molar-refractivity contribution in [3.8, 4) is 0 Å². The van der Waals surface area contributed by atoms with Gasteiger partial charge in [-0.15, -0.1) is 0 Å². The topological polar surface area (TPSA) is 101 Å². The van der Waals surface area contributed by atoms with Crippen LogP contribution in [0.5, 0.6) is 0 Å². The lowest BCUT2D eigenvalue weighted by Gasteiger charge is -2.32. The number of benzene rings is 1. The van der Waals surface area contributed by atoms with Crippen LogP contribution in [-0.2, 0) is 10.0 Å². The zero-order valence-corrected chi connectivity index (χ0v) is 13.6. The van der Waals surface area contributed by atoms with Crippen molar-refractivity contribution in [1.82, 2.24) is 4.31 Å². The number of sulfonamides is 1. The first kappa shape index (κ1) is 17.5. The van der Waals surface area contributed by atoms with E-state index in [-0.39, 0.29) is 17.2 Å². The maximum atomic E-state index is 12.6. The molecule has 1 aromatic carbocycles. The van der Waals surface area contributed by atoms with E-state index in [2.05, 4.69) is 0 Å². The van der Waals surface area contributed by atoms with E-state index in [0.717, 1.165) is 10.4 Å². The molecule has 0 amide bonds. The van der Waals surface area contributed by atoms with Gasteiger partial charge in [0, 0.05) is 18.7 Å². The quantitative estimate of drug-likeness (QED) is 0.657. The minimum atomic E-state index is -3.94. The van der Waals surface area contributed by atoms with Crippen molar-refractivity contribution < 1.29 is 18.4 Å². The SMILES string of the molecule is Cc1cc(S(=O)(=O)N(C)C(C)(C)CO)cc([N+](=O)[O-])c1C. The highest BCUT2D eigenvalue weighted by molar-refractivity contribution is 7.89. The molecule has 118 valence electrons. The fraction of sp³-hybridized carbons (Fsp3) is 0.538. The molecule has 0 fully saturated rings. The van der Waals surface area contributed by atoms with E-state index in [9.17, 15) is 23.6 Å². The highest BCUT2D eigenvalue weighted by Gasteiger charge is 2.34. The van der Waals surface area contributed by atoms with E-state index in [1.165, 1.54) is 13.1 Å². The van der Waals surface area contributed by atoms with Gasteiger partial charge in [-0.05, 0) is 39.3 Å². The van der Waals surface area contributed by atoms with E-state index in [4.69, 9.17) is 0 Å². The van der Waals surface area contributed by atoms with E-state index in [1.54, 1.807) is 27.7 Å². The highest BCUT2D eigenvalue weighted by Crippen LogP contribution is 2.29. The molecule has 0 saturated heterocycles. The van der Waals surface area contributed by atoms with Crippen LogP contribution in [0.2, 0.25) is 0 Å². The third-order valence-electron chi connectivity index (χ3n) is 3.71. The summed E-state index contributed by atoms with van der Waals surface area (Å²) in [6, 6.07) is 2.46. The molecule has 0 unspecified atom stereocenters. The summed E-state index contributed by atoms with van der Waals surface area (Å²) in [6.45, 7) is 5.97. The van der Waals surface area contributed by atoms with Gasteiger partial charge in [0.1, 0.15) is 0 Å². The van der Waals surface area contributed by atoms with Crippen molar-refractivity contribution in [2.45, 2.75) is 38.1 Å². The van der Waals surface area contributed by atoms with Gasteiger partial charge in [0.25, 0.3) is 5.69 Å². The van der Waals surface area contributed by atoms with Crippen LogP contribution in [-0.4, -0.2) is 41.9 Å². The minimum absolute atomic E-state index is 0.152. The minimum Gasteiger partial charge on any atom is -0.394 e. The van der Waals surface area contributed by atoms with Gasteiger partial charge in [0.2, 0.25) is 10.0 Å². The smallest absolute Gasteiger partial charge is 0.273 e. The second-order valence-electron chi connectivity index (χ2n) is 5.58. The Balaban J connectivity index is 3.50. The number of nitro groups is 1. The van der Waals surface area contributed by atoms with Gasteiger partial charge in [-0.3, -0.25) is 10.1 Å². The number of rotatable bonds is 5. The molecule has 0 atom stereocenters. The number of nitrogens with zero attached hydrogens (tertiary/aromatic N) is 2. The first-order valence-corrected chi connectivity index (χ1v) is 7.74. The van der Waals surface area contributed by atoms with Crippen LogP contribution in [0, 0.1) is 24.0 Å². The molecule has 0 heterocycles. The van der Waals surface area contributed by atoms with E-state index >= 15 is 0 Å². The summed E-state index contributed by atoms with van der Waals surface area (Å²) in [4.78, 5) is 10.3. The molecule has 1 N–H and O–H groups in total. The number of aryl methyl sites for hydroxylation is 1. The zero-order valence-electron chi connectivity index (χ0n) is 12.7. The predicted octanol–water partition coefficient (Wildman–Crippen LogP) is 1.60. The van der Waals surface area contributed by atoms with Crippen molar-refractivity contribution in [2.24, 2.45) is 0 Å². The molecule has 0 bridgehead atoms. The number of aliphatic hydroxyl groups is 1. The second-order valence-corrected chi connectivity index (χ2v) is 7.55. The molecular formula is C13H20N2O5S. The number of hydrogen-bond donors (Lipinski definition) is 1. The van der Waals surface area contributed by atoms with Gasteiger partial charge in [0.05, 0.1) is 22.0 Å². The molecule has 0 aliphatic heterocycles. The third kappa shape index (κ3) is 3.22. The monoisotopic (exact) mass is 316 g/mol. The maximum Gasteiger partial charge on any atom is 0.273 e. The summed E-state index contributed by atoms with van der Waals surface area (Å²) in [5.41, 5.74) is -0.281. The number of aliphatic hydroxyl groups excluding tert-OH is 1. The van der Waals surface area contributed by atoms with E-state index < -0.39 is 20.5 Å². The molecule has 0 aliphatic rings. The van der Waals surface area contributed by atoms with Crippen LogP contribution < -0.4 is 0 Å². The van der Waals surface area contributed by atoms with Crippen LogP contribution in [0.15, 0.2) is 17.0 Å². The average Bonchev–Trinajstić information content (AvgIpc) is 2.40. The largest absolute Gasteiger partial charge is 0.394 e. The summed E-state index contributed by atoms with van der Waals surface area (Å²) in [6.07, 6.45) is 0. The van der Waals surface area contributed by atoms with Crippen LogP contribution in [0.3, 0.4) is 0 Å². The summed E-state index contributed by atoms with van der Waals surface area (Å²) in [5.74, 6) is 0. The predicted molar refractivity (Wildman–Crippen MR) is 78.7 cm³/mol. The van der Waals surface area contributed by atoms with Crippen molar-refractivity contribution >= 4 is 15.7 Å². The molecule has 0 spiro atoms. The Kier molecular flexibility index (Phi) is 4.76. The Morgan fingerprint density at radius 1 is 1.33 bits per heavy atom. The van der Waals surface area contributed by atoms with Gasteiger partial charge >= 0.3 is 0 Å². The van der Waals surface area contributed by atoms with Crippen LogP contribution in [0.25, 0.3) is 0 Å².